The Bertz CT molecular complexity index is 1070. The lowest BCUT2D eigenvalue weighted by atomic mass is 10.2. The molecule has 7 heteroatoms. The summed E-state index contributed by atoms with van der Waals surface area (Å²) >= 11 is 3.38. The summed E-state index contributed by atoms with van der Waals surface area (Å²) < 4.78 is 28.7. The summed E-state index contributed by atoms with van der Waals surface area (Å²) in [6.07, 6.45) is 1.78. The molecule has 1 aromatic heterocycles. The molecule has 2 heterocycles. The fraction of sp³-hybridized carbons (Fsp3) is 0.300. The number of fused-ring (bicyclic) bond motifs is 1. The lowest BCUT2D eigenvalue weighted by Crippen LogP contribution is -2.46. The van der Waals surface area contributed by atoms with Crippen LogP contribution in [0.15, 0.2) is 64.1 Å². The van der Waals surface area contributed by atoms with Crippen LogP contribution in [0.1, 0.15) is 6.92 Å². The van der Waals surface area contributed by atoms with E-state index >= 15 is 0 Å². The monoisotopic (exact) mass is 447 g/mol. The first kappa shape index (κ1) is 18.5. The third-order valence-corrected chi connectivity index (χ3v) is 7.88. The summed E-state index contributed by atoms with van der Waals surface area (Å²) in [5, 5.41) is 0.970. The molecule has 27 heavy (non-hydrogen) atoms. The summed E-state index contributed by atoms with van der Waals surface area (Å²) in [6, 6.07) is 14.7. The Morgan fingerprint density at radius 2 is 1.63 bits per heavy atom. The van der Waals surface area contributed by atoms with Crippen LogP contribution in [0, 0.1) is 0 Å². The van der Waals surface area contributed by atoms with E-state index in [1.54, 1.807) is 24.4 Å². The quantitative estimate of drug-likeness (QED) is 0.610. The van der Waals surface area contributed by atoms with Gasteiger partial charge in [0.25, 0.3) is 10.0 Å². The predicted molar refractivity (Wildman–Crippen MR) is 113 cm³/mol. The van der Waals surface area contributed by atoms with E-state index in [2.05, 4.69) is 32.7 Å². The lowest BCUT2D eigenvalue weighted by Gasteiger charge is -2.35. The molecule has 0 unspecified atom stereocenters. The fourth-order valence-corrected chi connectivity index (χ4v) is 5.98. The van der Waals surface area contributed by atoms with Gasteiger partial charge < -0.3 is 9.80 Å². The Labute approximate surface area is 168 Å². The number of halogens is 1. The minimum absolute atomic E-state index is 0.271. The molecule has 0 spiro atoms. The van der Waals surface area contributed by atoms with E-state index in [4.69, 9.17) is 0 Å². The van der Waals surface area contributed by atoms with Gasteiger partial charge in [-0.2, -0.15) is 0 Å². The highest BCUT2D eigenvalue weighted by atomic mass is 79.9. The van der Waals surface area contributed by atoms with Crippen LogP contribution in [0.5, 0.6) is 0 Å². The normalized spacial score (nSPS) is 16.1. The van der Waals surface area contributed by atoms with Crippen molar-refractivity contribution >= 4 is 42.5 Å². The first-order chi connectivity index (χ1) is 13.0. The first-order valence-electron chi connectivity index (χ1n) is 9.10. The summed E-state index contributed by atoms with van der Waals surface area (Å²) in [4.78, 5) is 4.97. The van der Waals surface area contributed by atoms with E-state index < -0.39 is 10.0 Å². The SMILES string of the molecule is CCN1CCN(c2cn(S(=O)(=O)c3ccccc3Br)c3ccccc23)CC1. The number of hydrogen-bond donors (Lipinski definition) is 0. The van der Waals surface area contributed by atoms with Crippen LogP contribution in [0.25, 0.3) is 10.9 Å². The fourth-order valence-electron chi connectivity index (χ4n) is 3.65. The zero-order chi connectivity index (χ0) is 19.0. The molecule has 1 saturated heterocycles. The summed E-state index contributed by atoms with van der Waals surface area (Å²) in [6.45, 7) is 7.01. The Morgan fingerprint density at radius 1 is 0.963 bits per heavy atom. The van der Waals surface area contributed by atoms with Crippen LogP contribution in [-0.4, -0.2) is 50.0 Å². The van der Waals surface area contributed by atoms with E-state index in [9.17, 15) is 8.42 Å². The van der Waals surface area contributed by atoms with Gasteiger partial charge in [-0.1, -0.05) is 37.3 Å². The maximum Gasteiger partial charge on any atom is 0.269 e. The van der Waals surface area contributed by atoms with Gasteiger partial charge >= 0.3 is 0 Å². The second kappa shape index (κ2) is 7.30. The highest BCUT2D eigenvalue weighted by Crippen LogP contribution is 2.34. The molecule has 0 N–H and O–H groups in total. The van der Waals surface area contributed by atoms with Gasteiger partial charge in [0.2, 0.25) is 0 Å². The second-order valence-electron chi connectivity index (χ2n) is 6.68. The van der Waals surface area contributed by atoms with Crippen molar-refractivity contribution < 1.29 is 8.42 Å². The highest BCUT2D eigenvalue weighted by molar-refractivity contribution is 9.10. The molecular weight excluding hydrogens is 426 g/mol. The largest absolute Gasteiger partial charge is 0.367 e. The number of likely N-dealkylation sites (N-methyl/N-ethyl adjacent to an activating group) is 1. The molecular formula is C20H22BrN3O2S. The molecule has 1 aliphatic rings. The second-order valence-corrected chi connectivity index (χ2v) is 9.32. The van der Waals surface area contributed by atoms with Gasteiger partial charge in [-0.05, 0) is 40.7 Å². The number of anilines is 1. The Hall–Kier alpha value is -1.83. The third kappa shape index (κ3) is 3.28. The molecule has 0 aliphatic carbocycles. The molecule has 2 aromatic carbocycles. The lowest BCUT2D eigenvalue weighted by molar-refractivity contribution is 0.271. The number of piperazine rings is 1. The van der Waals surface area contributed by atoms with Crippen molar-refractivity contribution in [2.75, 3.05) is 37.6 Å². The molecule has 0 bridgehead atoms. The maximum absolute atomic E-state index is 13.4. The molecule has 5 nitrogen and oxygen atoms in total. The highest BCUT2D eigenvalue weighted by Gasteiger charge is 2.26. The van der Waals surface area contributed by atoms with E-state index in [-0.39, 0.29) is 4.90 Å². The maximum atomic E-state index is 13.4. The Kier molecular flexibility index (Phi) is 5.01. The smallest absolute Gasteiger partial charge is 0.269 e. The molecule has 0 amide bonds. The van der Waals surface area contributed by atoms with Gasteiger partial charge in [-0.15, -0.1) is 0 Å². The van der Waals surface area contributed by atoms with Crippen molar-refractivity contribution in [2.45, 2.75) is 11.8 Å². The van der Waals surface area contributed by atoms with Gasteiger partial charge in [0.1, 0.15) is 4.90 Å². The topological polar surface area (TPSA) is 45.5 Å². The van der Waals surface area contributed by atoms with E-state index in [1.165, 1.54) is 3.97 Å². The molecule has 1 fully saturated rings. The van der Waals surface area contributed by atoms with Gasteiger partial charge in [0.05, 0.1) is 11.2 Å². The number of nitrogens with zero attached hydrogens (tertiary/aromatic N) is 3. The average Bonchev–Trinajstić information content (AvgIpc) is 3.09. The van der Waals surface area contributed by atoms with E-state index in [0.29, 0.717) is 9.99 Å². The van der Waals surface area contributed by atoms with Crippen LogP contribution < -0.4 is 4.90 Å². The Balaban J connectivity index is 1.83. The van der Waals surface area contributed by atoms with Gasteiger partial charge in [0, 0.05) is 42.2 Å². The summed E-state index contributed by atoms with van der Waals surface area (Å²) in [5.74, 6) is 0. The van der Waals surface area contributed by atoms with Crippen molar-refractivity contribution in [3.63, 3.8) is 0 Å². The van der Waals surface area contributed by atoms with Crippen LogP contribution in [0.3, 0.4) is 0 Å². The predicted octanol–water partition coefficient (Wildman–Crippen LogP) is 3.78. The van der Waals surface area contributed by atoms with Gasteiger partial charge in [-0.25, -0.2) is 12.4 Å². The van der Waals surface area contributed by atoms with Crippen LogP contribution in [0.4, 0.5) is 5.69 Å². The summed E-state index contributed by atoms with van der Waals surface area (Å²) in [5.41, 5.74) is 1.69. The van der Waals surface area contributed by atoms with Crippen LogP contribution >= 0.6 is 15.9 Å². The summed E-state index contributed by atoms with van der Waals surface area (Å²) in [7, 11) is -3.70. The van der Waals surface area contributed by atoms with E-state index in [1.807, 2.05) is 30.3 Å². The van der Waals surface area contributed by atoms with Crippen molar-refractivity contribution in [1.82, 2.24) is 8.87 Å². The van der Waals surface area contributed by atoms with Crippen molar-refractivity contribution in [3.8, 4) is 0 Å². The Morgan fingerprint density at radius 3 is 2.33 bits per heavy atom. The van der Waals surface area contributed by atoms with Crippen molar-refractivity contribution in [2.24, 2.45) is 0 Å². The number of para-hydroxylation sites is 1. The number of hydrogen-bond acceptors (Lipinski definition) is 4. The van der Waals surface area contributed by atoms with Gasteiger partial charge in [-0.3, -0.25) is 0 Å². The zero-order valence-electron chi connectivity index (χ0n) is 15.2. The third-order valence-electron chi connectivity index (χ3n) is 5.19. The van der Waals surface area contributed by atoms with E-state index in [0.717, 1.165) is 43.8 Å². The molecule has 0 radical (unpaired) electrons. The van der Waals surface area contributed by atoms with Crippen LogP contribution in [-0.2, 0) is 10.0 Å². The van der Waals surface area contributed by atoms with Crippen molar-refractivity contribution in [3.05, 3.63) is 59.2 Å². The van der Waals surface area contributed by atoms with Gasteiger partial charge in [0.15, 0.2) is 0 Å². The first-order valence-corrected chi connectivity index (χ1v) is 11.3. The molecule has 142 valence electrons. The molecule has 4 rings (SSSR count). The molecule has 3 aromatic rings. The number of benzene rings is 2. The number of rotatable bonds is 4. The van der Waals surface area contributed by atoms with Crippen LogP contribution in [0.2, 0.25) is 0 Å². The molecule has 0 atom stereocenters. The molecule has 1 aliphatic heterocycles. The van der Waals surface area contributed by atoms with Crippen molar-refractivity contribution in [1.29, 1.82) is 0 Å². The standard InChI is InChI=1S/C20H22BrN3O2S/c1-2-22-11-13-23(14-12-22)19-15-24(18-9-5-3-7-16(18)19)27(25,26)20-10-6-4-8-17(20)21/h3-10,15H,2,11-14H2,1H3. The minimum Gasteiger partial charge on any atom is -0.367 e. The average molecular weight is 448 g/mol. The number of aromatic nitrogens is 1. The molecule has 0 saturated carbocycles. The minimum atomic E-state index is -3.70. The zero-order valence-corrected chi connectivity index (χ0v) is 17.6.